The van der Waals surface area contributed by atoms with Crippen molar-refractivity contribution in [3.8, 4) is 11.5 Å². The quantitative estimate of drug-likeness (QED) is 0.292. The molecule has 0 unspecified atom stereocenters. The van der Waals surface area contributed by atoms with Gasteiger partial charge in [-0.05, 0) is 84.3 Å². The van der Waals surface area contributed by atoms with Crippen molar-refractivity contribution in [3.63, 3.8) is 0 Å². The molecule has 11 nitrogen and oxygen atoms in total. The number of ether oxygens (including phenoxy) is 1. The molecule has 0 bridgehead atoms. The first kappa shape index (κ1) is 30.3. The van der Waals surface area contributed by atoms with Gasteiger partial charge in [-0.25, -0.2) is 23.5 Å². The van der Waals surface area contributed by atoms with E-state index in [1.165, 1.54) is 22.0 Å². The number of halogens is 2. The summed E-state index contributed by atoms with van der Waals surface area (Å²) in [6, 6.07) is 3.11. The molecule has 5 rings (SSSR count). The molecule has 2 saturated carbocycles. The molecule has 0 spiro atoms. The molecule has 0 radical (unpaired) electrons. The van der Waals surface area contributed by atoms with E-state index in [0.717, 1.165) is 19.1 Å². The van der Waals surface area contributed by atoms with Gasteiger partial charge in [-0.2, -0.15) is 5.10 Å². The molecule has 2 aliphatic rings. The summed E-state index contributed by atoms with van der Waals surface area (Å²) in [6.45, 7) is 7.40. The molecular formula is C30H36F2N6O5. The maximum absolute atomic E-state index is 13.8. The second-order valence-electron chi connectivity index (χ2n) is 12.3. The fourth-order valence-electron chi connectivity index (χ4n) is 5.13. The molecule has 230 valence electrons. The SMILES string of the molecule is CC(=O)C1CCC(n2cc(NC(=O)c3coc(-c4ccnc(N(CC5CC5)C(=O)OC(C)(C)C)c4)n3)c(C(F)F)n2)CC1. The lowest BCUT2D eigenvalue weighted by Gasteiger charge is -2.27. The monoisotopic (exact) mass is 598 g/mol. The molecule has 0 saturated heterocycles. The van der Waals surface area contributed by atoms with Crippen LogP contribution in [0.25, 0.3) is 11.5 Å². The molecule has 0 aliphatic heterocycles. The molecule has 3 heterocycles. The van der Waals surface area contributed by atoms with Gasteiger partial charge in [0.25, 0.3) is 12.3 Å². The van der Waals surface area contributed by atoms with Crippen LogP contribution in [0.2, 0.25) is 0 Å². The van der Waals surface area contributed by atoms with Crippen LogP contribution in [0.3, 0.4) is 0 Å². The van der Waals surface area contributed by atoms with Crippen LogP contribution in [0.1, 0.15) is 94.9 Å². The number of nitrogens with zero attached hydrogens (tertiary/aromatic N) is 5. The Kier molecular flexibility index (Phi) is 8.61. The van der Waals surface area contributed by atoms with E-state index >= 15 is 0 Å². The number of alkyl halides is 2. The van der Waals surface area contributed by atoms with Gasteiger partial charge in [0.1, 0.15) is 23.5 Å². The average Bonchev–Trinajstić information content (AvgIpc) is 3.45. The number of aromatic nitrogens is 4. The maximum atomic E-state index is 13.8. The number of nitrogens with one attached hydrogen (secondary N) is 1. The van der Waals surface area contributed by atoms with Crippen molar-refractivity contribution < 1.29 is 32.3 Å². The van der Waals surface area contributed by atoms with Crippen LogP contribution in [0.15, 0.2) is 35.2 Å². The molecule has 3 aromatic heterocycles. The van der Waals surface area contributed by atoms with Crippen molar-refractivity contribution in [3.05, 3.63) is 42.2 Å². The van der Waals surface area contributed by atoms with Crippen LogP contribution in [-0.2, 0) is 9.53 Å². The summed E-state index contributed by atoms with van der Waals surface area (Å²) in [4.78, 5) is 47.8. The highest BCUT2D eigenvalue weighted by molar-refractivity contribution is 6.03. The van der Waals surface area contributed by atoms with Crippen LogP contribution < -0.4 is 10.2 Å². The number of rotatable bonds is 9. The van der Waals surface area contributed by atoms with E-state index in [9.17, 15) is 23.2 Å². The molecule has 0 atom stereocenters. The number of Topliss-reactive ketones (excluding diaryl/α,β-unsaturated/α-hetero) is 1. The maximum Gasteiger partial charge on any atom is 0.416 e. The van der Waals surface area contributed by atoms with E-state index in [1.54, 1.807) is 39.8 Å². The number of carbonyl (C=O) groups is 3. The lowest BCUT2D eigenvalue weighted by atomic mass is 9.84. The minimum Gasteiger partial charge on any atom is -0.444 e. The van der Waals surface area contributed by atoms with E-state index in [2.05, 4.69) is 20.4 Å². The standard InChI is InChI=1S/C30H36F2N6O5/c1-17(39)19-7-9-21(10-8-19)38-15-22(25(36-38)26(31)32)34-27(40)23-16-42-28(35-23)20-11-12-33-24(13-20)37(14-18-5-6-18)29(41)43-30(2,3)4/h11-13,15-16,18-19,21,26H,5-10,14H2,1-4H3,(H,34,40). The second-order valence-corrected chi connectivity index (χ2v) is 12.3. The number of carbonyl (C=O) groups excluding carboxylic acids is 3. The van der Waals surface area contributed by atoms with Gasteiger partial charge in [-0.15, -0.1) is 0 Å². The Balaban J connectivity index is 1.31. The van der Waals surface area contributed by atoms with Gasteiger partial charge < -0.3 is 14.5 Å². The topological polar surface area (TPSA) is 132 Å². The summed E-state index contributed by atoms with van der Waals surface area (Å²) in [6.07, 6.45) is 5.26. The van der Waals surface area contributed by atoms with Crippen LogP contribution in [-0.4, -0.2) is 49.7 Å². The second kappa shape index (κ2) is 12.2. The van der Waals surface area contributed by atoms with Gasteiger partial charge >= 0.3 is 6.09 Å². The molecule has 1 N–H and O–H groups in total. The molecule has 3 aromatic rings. The number of anilines is 2. The number of oxazole rings is 1. The van der Waals surface area contributed by atoms with Crippen molar-refractivity contribution in [2.75, 3.05) is 16.8 Å². The first-order chi connectivity index (χ1) is 20.4. The zero-order valence-corrected chi connectivity index (χ0v) is 24.7. The molecule has 2 fully saturated rings. The third-order valence-electron chi connectivity index (χ3n) is 7.62. The third-order valence-corrected chi connectivity index (χ3v) is 7.62. The van der Waals surface area contributed by atoms with E-state index in [0.29, 0.717) is 49.5 Å². The lowest BCUT2D eigenvalue weighted by molar-refractivity contribution is -0.121. The van der Waals surface area contributed by atoms with Gasteiger partial charge in [0, 0.05) is 30.4 Å². The predicted octanol–water partition coefficient (Wildman–Crippen LogP) is 6.59. The van der Waals surface area contributed by atoms with Crippen molar-refractivity contribution in [1.29, 1.82) is 0 Å². The van der Waals surface area contributed by atoms with Crippen molar-refractivity contribution in [2.24, 2.45) is 11.8 Å². The summed E-state index contributed by atoms with van der Waals surface area (Å²) in [7, 11) is 0. The summed E-state index contributed by atoms with van der Waals surface area (Å²) in [5, 5.41) is 6.56. The largest absolute Gasteiger partial charge is 0.444 e. The first-order valence-corrected chi connectivity index (χ1v) is 14.5. The molecule has 2 aliphatic carbocycles. The zero-order valence-electron chi connectivity index (χ0n) is 24.7. The highest BCUT2D eigenvalue weighted by Crippen LogP contribution is 2.36. The Labute approximate surface area is 248 Å². The summed E-state index contributed by atoms with van der Waals surface area (Å²) < 4.78 is 40.3. The molecule has 2 amide bonds. The van der Waals surface area contributed by atoms with Gasteiger partial charge in [-0.1, -0.05) is 0 Å². The fourth-order valence-corrected chi connectivity index (χ4v) is 5.13. The Bertz CT molecular complexity index is 1480. The summed E-state index contributed by atoms with van der Waals surface area (Å²) >= 11 is 0. The highest BCUT2D eigenvalue weighted by Gasteiger charge is 2.32. The smallest absolute Gasteiger partial charge is 0.416 e. The molecule has 43 heavy (non-hydrogen) atoms. The number of pyridine rings is 1. The summed E-state index contributed by atoms with van der Waals surface area (Å²) in [5.74, 6) is 0.194. The minimum absolute atomic E-state index is 0.0167. The number of amides is 2. The van der Waals surface area contributed by atoms with E-state index in [4.69, 9.17) is 9.15 Å². The summed E-state index contributed by atoms with van der Waals surface area (Å²) in [5.41, 5.74) is -0.988. The highest BCUT2D eigenvalue weighted by atomic mass is 19.3. The van der Waals surface area contributed by atoms with Gasteiger partial charge in [0.15, 0.2) is 11.4 Å². The van der Waals surface area contributed by atoms with Crippen molar-refractivity contribution in [2.45, 2.75) is 84.3 Å². The molecule has 13 heteroatoms. The molecule has 0 aromatic carbocycles. The van der Waals surface area contributed by atoms with Crippen LogP contribution in [0.4, 0.5) is 25.1 Å². The zero-order chi connectivity index (χ0) is 30.9. The predicted molar refractivity (Wildman–Crippen MR) is 153 cm³/mol. The number of ketones is 1. The van der Waals surface area contributed by atoms with Crippen LogP contribution in [0, 0.1) is 11.8 Å². The number of hydrogen-bond acceptors (Lipinski definition) is 8. The van der Waals surface area contributed by atoms with E-state index < -0.39 is 29.7 Å². The Morgan fingerprint density at radius 1 is 1.16 bits per heavy atom. The average molecular weight is 599 g/mol. The first-order valence-electron chi connectivity index (χ1n) is 14.5. The minimum atomic E-state index is -2.91. The Morgan fingerprint density at radius 2 is 1.88 bits per heavy atom. The van der Waals surface area contributed by atoms with E-state index in [-0.39, 0.29) is 35.0 Å². The third kappa shape index (κ3) is 7.44. The number of hydrogen-bond donors (Lipinski definition) is 1. The van der Waals surface area contributed by atoms with E-state index in [1.807, 2.05) is 0 Å². The normalized spacial score (nSPS) is 18.9. The Morgan fingerprint density at radius 3 is 2.51 bits per heavy atom. The van der Waals surface area contributed by atoms with Gasteiger partial charge in [0.2, 0.25) is 5.89 Å². The fraction of sp³-hybridized carbons (Fsp3) is 0.533. The van der Waals surface area contributed by atoms with Gasteiger partial charge in [0.05, 0.1) is 11.7 Å². The van der Waals surface area contributed by atoms with Crippen LogP contribution >= 0.6 is 0 Å². The van der Waals surface area contributed by atoms with Gasteiger partial charge in [-0.3, -0.25) is 19.2 Å². The van der Waals surface area contributed by atoms with Crippen molar-refractivity contribution >= 4 is 29.3 Å². The van der Waals surface area contributed by atoms with Crippen LogP contribution in [0.5, 0.6) is 0 Å². The lowest BCUT2D eigenvalue weighted by Crippen LogP contribution is -2.38. The Hall–Kier alpha value is -4.16. The molecular weight excluding hydrogens is 562 g/mol. The van der Waals surface area contributed by atoms with Crippen molar-refractivity contribution in [1.82, 2.24) is 19.7 Å².